The number of rotatable bonds is 5. The zero-order chi connectivity index (χ0) is 14.5. The van der Waals surface area contributed by atoms with Crippen molar-refractivity contribution in [1.29, 1.82) is 0 Å². The lowest BCUT2D eigenvalue weighted by atomic mass is 9.95. The van der Waals surface area contributed by atoms with Crippen LogP contribution < -0.4 is 0 Å². The molecule has 1 fully saturated rings. The maximum Gasteiger partial charge on any atom is 0.406 e. The third-order valence-electron chi connectivity index (χ3n) is 3.34. The van der Waals surface area contributed by atoms with Crippen molar-refractivity contribution in [1.82, 2.24) is 9.80 Å². The van der Waals surface area contributed by atoms with E-state index >= 15 is 0 Å². The van der Waals surface area contributed by atoms with Gasteiger partial charge in [-0.1, -0.05) is 0 Å². The minimum atomic E-state index is -4.36. The van der Waals surface area contributed by atoms with E-state index in [1.54, 1.807) is 0 Å². The molecule has 0 aromatic rings. The summed E-state index contributed by atoms with van der Waals surface area (Å²) in [5.41, 5.74) is 0. The van der Waals surface area contributed by atoms with E-state index in [0.29, 0.717) is 18.9 Å². The number of likely N-dealkylation sites (tertiary alicyclic amines) is 1. The van der Waals surface area contributed by atoms with E-state index in [1.165, 1.54) is 7.05 Å². The van der Waals surface area contributed by atoms with Crippen LogP contribution in [0.25, 0.3) is 0 Å². The lowest BCUT2D eigenvalue weighted by Gasteiger charge is -2.33. The molecular formula is C12H21F3N2O2. The van der Waals surface area contributed by atoms with Crippen molar-refractivity contribution in [3.8, 4) is 0 Å². The van der Waals surface area contributed by atoms with Gasteiger partial charge in [0.25, 0.3) is 0 Å². The molecule has 1 rings (SSSR count). The average molecular weight is 282 g/mol. The van der Waals surface area contributed by atoms with Gasteiger partial charge in [0.15, 0.2) is 0 Å². The second-order valence-electron chi connectivity index (χ2n) is 5.12. The first-order valence-corrected chi connectivity index (χ1v) is 6.45. The van der Waals surface area contributed by atoms with Crippen molar-refractivity contribution in [3.05, 3.63) is 0 Å². The summed E-state index contributed by atoms with van der Waals surface area (Å²) in [4.78, 5) is 14.3. The predicted octanol–water partition coefficient (Wildman–Crippen LogP) is 1.10. The number of alkyl halides is 3. The molecule has 4 nitrogen and oxygen atoms in total. The zero-order valence-electron chi connectivity index (χ0n) is 11.1. The molecule has 19 heavy (non-hydrogen) atoms. The van der Waals surface area contributed by atoms with Gasteiger partial charge >= 0.3 is 6.18 Å². The number of hydrogen-bond donors (Lipinski definition) is 1. The first kappa shape index (κ1) is 16.2. The van der Waals surface area contributed by atoms with Crippen LogP contribution in [0.5, 0.6) is 0 Å². The first-order chi connectivity index (χ1) is 8.81. The van der Waals surface area contributed by atoms with Gasteiger partial charge in [0.05, 0.1) is 6.54 Å². The fourth-order valence-electron chi connectivity index (χ4n) is 2.38. The molecule has 1 amide bonds. The van der Waals surface area contributed by atoms with Crippen LogP contribution in [-0.2, 0) is 4.79 Å². The number of likely N-dealkylation sites (N-methyl/N-ethyl adjacent to an activating group) is 1. The number of nitrogens with zero attached hydrogens (tertiary/aromatic N) is 2. The minimum absolute atomic E-state index is 0.0223. The molecule has 0 aliphatic carbocycles. The highest BCUT2D eigenvalue weighted by molar-refractivity contribution is 5.78. The lowest BCUT2D eigenvalue weighted by Crippen LogP contribution is -2.45. The molecule has 112 valence electrons. The Kier molecular flexibility index (Phi) is 6.06. The van der Waals surface area contributed by atoms with E-state index in [9.17, 15) is 18.0 Å². The van der Waals surface area contributed by atoms with E-state index < -0.39 is 18.6 Å². The largest absolute Gasteiger partial charge is 0.406 e. The quantitative estimate of drug-likeness (QED) is 0.821. The molecule has 1 atom stereocenters. The summed E-state index contributed by atoms with van der Waals surface area (Å²) in [6.45, 7) is 0.328. The molecule has 0 spiro atoms. The summed E-state index contributed by atoms with van der Waals surface area (Å²) in [5, 5.41) is 8.88. The van der Waals surface area contributed by atoms with Crippen LogP contribution in [0.2, 0.25) is 0 Å². The number of carbonyl (C=O) groups excluding carboxylic acids is 1. The Morgan fingerprint density at radius 2 is 2.16 bits per heavy atom. The topological polar surface area (TPSA) is 43.8 Å². The summed E-state index contributed by atoms with van der Waals surface area (Å²) in [5.74, 6) is -0.179. The molecule has 0 unspecified atom stereocenters. The molecular weight excluding hydrogens is 261 g/mol. The van der Waals surface area contributed by atoms with E-state index in [4.69, 9.17) is 5.11 Å². The lowest BCUT2D eigenvalue weighted by molar-refractivity contribution is -0.159. The molecule has 1 saturated heterocycles. The minimum Gasteiger partial charge on any atom is -0.396 e. The maximum absolute atomic E-state index is 12.2. The van der Waals surface area contributed by atoms with Gasteiger partial charge in [-0.15, -0.1) is 0 Å². The first-order valence-electron chi connectivity index (χ1n) is 6.45. The summed E-state index contributed by atoms with van der Waals surface area (Å²) in [6, 6.07) is 0. The maximum atomic E-state index is 12.2. The molecule has 1 aliphatic heterocycles. The Morgan fingerprint density at radius 1 is 1.47 bits per heavy atom. The van der Waals surface area contributed by atoms with Crippen molar-refractivity contribution < 1.29 is 23.1 Å². The standard InChI is InChI=1S/C12H21F3N2O2/c1-16(9-12(13,14)15)11(19)8-17-5-2-3-10(7-17)4-6-18/h10,18H,2-9H2,1H3/t10-/m0/s1. The van der Waals surface area contributed by atoms with E-state index in [2.05, 4.69) is 0 Å². The average Bonchev–Trinajstić information content (AvgIpc) is 2.27. The predicted molar refractivity (Wildman–Crippen MR) is 64.6 cm³/mol. The van der Waals surface area contributed by atoms with Crippen molar-refractivity contribution in [2.45, 2.75) is 25.4 Å². The van der Waals surface area contributed by atoms with Crippen LogP contribution in [0, 0.1) is 5.92 Å². The number of aliphatic hydroxyl groups is 1. The molecule has 7 heteroatoms. The van der Waals surface area contributed by atoms with Crippen molar-refractivity contribution in [2.75, 3.05) is 39.8 Å². The van der Waals surface area contributed by atoms with Gasteiger partial charge in [0.1, 0.15) is 6.54 Å². The highest BCUT2D eigenvalue weighted by Crippen LogP contribution is 2.20. The van der Waals surface area contributed by atoms with Gasteiger partial charge < -0.3 is 10.0 Å². The molecule has 0 aromatic carbocycles. The fraction of sp³-hybridized carbons (Fsp3) is 0.917. The number of halogens is 3. The molecule has 1 N–H and O–H groups in total. The third-order valence-corrected chi connectivity index (χ3v) is 3.34. The number of carbonyl (C=O) groups is 1. The number of aliphatic hydroxyl groups excluding tert-OH is 1. The van der Waals surface area contributed by atoms with Gasteiger partial charge in [0.2, 0.25) is 5.91 Å². The molecule has 1 heterocycles. The summed E-state index contributed by atoms with van der Waals surface area (Å²) < 4.78 is 36.5. The smallest absolute Gasteiger partial charge is 0.396 e. The van der Waals surface area contributed by atoms with Crippen LogP contribution in [0.4, 0.5) is 13.2 Å². The number of piperidine rings is 1. The second-order valence-corrected chi connectivity index (χ2v) is 5.12. The highest BCUT2D eigenvalue weighted by atomic mass is 19.4. The fourth-order valence-corrected chi connectivity index (χ4v) is 2.38. The van der Waals surface area contributed by atoms with Crippen LogP contribution in [0.1, 0.15) is 19.3 Å². The Hall–Kier alpha value is -0.820. The molecule has 0 saturated carbocycles. The van der Waals surface area contributed by atoms with Crippen LogP contribution in [-0.4, -0.2) is 66.8 Å². The summed E-state index contributed by atoms with van der Waals surface area (Å²) >= 11 is 0. The van der Waals surface area contributed by atoms with E-state index in [1.807, 2.05) is 4.90 Å². The molecule has 1 aliphatic rings. The highest BCUT2D eigenvalue weighted by Gasteiger charge is 2.32. The van der Waals surface area contributed by atoms with Crippen LogP contribution in [0.15, 0.2) is 0 Å². The van der Waals surface area contributed by atoms with Crippen LogP contribution in [0.3, 0.4) is 0 Å². The van der Waals surface area contributed by atoms with Gasteiger partial charge in [-0.3, -0.25) is 9.69 Å². The van der Waals surface area contributed by atoms with E-state index in [-0.39, 0.29) is 13.2 Å². The van der Waals surface area contributed by atoms with Crippen LogP contribution >= 0.6 is 0 Å². The van der Waals surface area contributed by atoms with Gasteiger partial charge in [0, 0.05) is 20.2 Å². The number of hydrogen-bond acceptors (Lipinski definition) is 3. The third kappa shape index (κ3) is 6.24. The van der Waals surface area contributed by atoms with E-state index in [0.717, 1.165) is 24.3 Å². The Morgan fingerprint density at radius 3 is 2.74 bits per heavy atom. The molecule has 0 bridgehead atoms. The van der Waals surface area contributed by atoms with Crippen molar-refractivity contribution in [3.63, 3.8) is 0 Å². The Balaban J connectivity index is 2.39. The van der Waals surface area contributed by atoms with Gasteiger partial charge in [-0.2, -0.15) is 13.2 Å². The zero-order valence-corrected chi connectivity index (χ0v) is 11.1. The van der Waals surface area contributed by atoms with Gasteiger partial charge in [-0.25, -0.2) is 0 Å². The second kappa shape index (κ2) is 7.09. The molecule has 0 radical (unpaired) electrons. The summed E-state index contributed by atoms with van der Waals surface area (Å²) in [6.07, 6.45) is -1.75. The Labute approximate surface area is 111 Å². The Bertz CT molecular complexity index is 295. The van der Waals surface area contributed by atoms with Crippen molar-refractivity contribution >= 4 is 5.91 Å². The van der Waals surface area contributed by atoms with Gasteiger partial charge in [-0.05, 0) is 31.7 Å². The number of amides is 1. The SMILES string of the molecule is CN(CC(F)(F)F)C(=O)CN1CCC[C@@H](CCO)C1. The molecule has 0 aromatic heterocycles. The monoisotopic (exact) mass is 282 g/mol. The normalized spacial score (nSPS) is 21.4. The van der Waals surface area contributed by atoms with Crippen molar-refractivity contribution in [2.24, 2.45) is 5.92 Å². The summed E-state index contributed by atoms with van der Waals surface area (Å²) in [7, 11) is 1.17.